The summed E-state index contributed by atoms with van der Waals surface area (Å²) in [6.45, 7) is 2.83. The van der Waals surface area contributed by atoms with Gasteiger partial charge in [0.15, 0.2) is 0 Å². The Morgan fingerprint density at radius 2 is 1.55 bits per heavy atom. The molecule has 0 amide bonds. The van der Waals surface area contributed by atoms with Gasteiger partial charge in [-0.3, -0.25) is 0 Å². The number of anilines is 1. The molecule has 0 bridgehead atoms. The van der Waals surface area contributed by atoms with Gasteiger partial charge >= 0.3 is 0 Å². The van der Waals surface area contributed by atoms with Crippen molar-refractivity contribution in [1.29, 1.82) is 0 Å². The molecule has 4 nitrogen and oxygen atoms in total. The number of aryl methyl sites for hydroxylation is 1. The van der Waals surface area contributed by atoms with Crippen LogP contribution in [0.2, 0.25) is 0 Å². The SMILES string of the molecule is CCn1c(-c2ccc(C#Cc3ccc(OC)cc3)cc2)c(N)c2ccc(O)cc21. The third kappa shape index (κ3) is 3.51. The normalized spacial score (nSPS) is 10.6. The first-order valence-electron chi connectivity index (χ1n) is 9.48. The molecule has 144 valence electrons. The summed E-state index contributed by atoms with van der Waals surface area (Å²) in [7, 11) is 1.65. The summed E-state index contributed by atoms with van der Waals surface area (Å²) in [5.74, 6) is 7.42. The smallest absolute Gasteiger partial charge is 0.118 e. The van der Waals surface area contributed by atoms with Gasteiger partial charge in [-0.15, -0.1) is 0 Å². The Bertz CT molecular complexity index is 1220. The molecule has 1 heterocycles. The lowest BCUT2D eigenvalue weighted by molar-refractivity contribution is 0.415. The second kappa shape index (κ2) is 7.65. The van der Waals surface area contributed by atoms with Crippen molar-refractivity contribution in [1.82, 2.24) is 4.57 Å². The maximum Gasteiger partial charge on any atom is 0.118 e. The second-order valence-electron chi connectivity index (χ2n) is 6.76. The van der Waals surface area contributed by atoms with E-state index in [1.807, 2.05) is 54.6 Å². The molecule has 0 saturated heterocycles. The van der Waals surface area contributed by atoms with E-state index < -0.39 is 0 Å². The lowest BCUT2D eigenvalue weighted by atomic mass is 10.1. The Hall–Kier alpha value is -3.84. The fourth-order valence-corrected chi connectivity index (χ4v) is 3.53. The summed E-state index contributed by atoms with van der Waals surface area (Å²) >= 11 is 0. The fraction of sp³-hybridized carbons (Fsp3) is 0.120. The van der Waals surface area contributed by atoms with Crippen molar-refractivity contribution in [2.75, 3.05) is 12.8 Å². The van der Waals surface area contributed by atoms with Crippen molar-refractivity contribution in [3.05, 3.63) is 77.9 Å². The number of hydrogen-bond donors (Lipinski definition) is 2. The molecule has 0 radical (unpaired) electrons. The van der Waals surface area contributed by atoms with Crippen LogP contribution in [0.1, 0.15) is 18.1 Å². The quantitative estimate of drug-likeness (QED) is 0.489. The number of hydrogen-bond acceptors (Lipinski definition) is 3. The van der Waals surface area contributed by atoms with Crippen molar-refractivity contribution >= 4 is 16.6 Å². The number of phenolic OH excluding ortho intramolecular Hbond substituents is 1. The lowest BCUT2D eigenvalue weighted by Crippen LogP contribution is -1.98. The van der Waals surface area contributed by atoms with Gasteiger partial charge < -0.3 is 20.1 Å². The number of nitrogens with two attached hydrogens (primary N) is 1. The van der Waals surface area contributed by atoms with E-state index in [9.17, 15) is 5.11 Å². The monoisotopic (exact) mass is 382 g/mol. The number of rotatable bonds is 3. The summed E-state index contributed by atoms with van der Waals surface area (Å²) in [4.78, 5) is 0. The summed E-state index contributed by atoms with van der Waals surface area (Å²) < 4.78 is 7.30. The molecule has 0 saturated carbocycles. The number of phenols is 1. The van der Waals surface area contributed by atoms with E-state index in [0.717, 1.165) is 51.3 Å². The van der Waals surface area contributed by atoms with E-state index in [-0.39, 0.29) is 5.75 Å². The number of ether oxygens (including phenoxy) is 1. The van der Waals surface area contributed by atoms with Crippen LogP contribution in [0.15, 0.2) is 66.7 Å². The predicted molar refractivity (Wildman–Crippen MR) is 118 cm³/mol. The van der Waals surface area contributed by atoms with Gasteiger partial charge in [0.2, 0.25) is 0 Å². The molecule has 3 aromatic carbocycles. The Kier molecular flexibility index (Phi) is 4.88. The third-order valence-corrected chi connectivity index (χ3v) is 5.00. The zero-order valence-corrected chi connectivity index (χ0v) is 16.4. The zero-order chi connectivity index (χ0) is 20.4. The molecule has 29 heavy (non-hydrogen) atoms. The highest BCUT2D eigenvalue weighted by Gasteiger charge is 2.16. The highest BCUT2D eigenvalue weighted by molar-refractivity contribution is 6.01. The van der Waals surface area contributed by atoms with Crippen LogP contribution in [-0.4, -0.2) is 16.8 Å². The molecule has 0 atom stereocenters. The zero-order valence-electron chi connectivity index (χ0n) is 16.4. The van der Waals surface area contributed by atoms with Gasteiger partial charge in [-0.05, 0) is 55.5 Å². The number of nitrogens with zero attached hydrogens (tertiary/aromatic N) is 1. The number of aromatic nitrogens is 1. The fourth-order valence-electron chi connectivity index (χ4n) is 3.53. The van der Waals surface area contributed by atoms with E-state index in [0.29, 0.717) is 0 Å². The minimum Gasteiger partial charge on any atom is -0.508 e. The molecule has 0 aliphatic carbocycles. The summed E-state index contributed by atoms with van der Waals surface area (Å²) in [6.07, 6.45) is 0. The standard InChI is InChI=1S/C25H22N2O2/c1-3-27-23-16-20(28)12-15-22(23)24(26)25(27)19-10-6-17(7-11-19)4-5-18-8-13-21(29-2)14-9-18/h6-16,28H,3,26H2,1-2H3. The van der Waals surface area contributed by atoms with Crippen LogP contribution in [0, 0.1) is 11.8 Å². The van der Waals surface area contributed by atoms with Crippen LogP contribution in [-0.2, 0) is 6.54 Å². The van der Waals surface area contributed by atoms with Crippen molar-refractivity contribution in [3.63, 3.8) is 0 Å². The maximum absolute atomic E-state index is 9.86. The Balaban J connectivity index is 1.68. The molecular weight excluding hydrogens is 360 g/mol. The topological polar surface area (TPSA) is 60.4 Å². The van der Waals surface area contributed by atoms with Crippen LogP contribution in [0.4, 0.5) is 5.69 Å². The van der Waals surface area contributed by atoms with Crippen molar-refractivity contribution in [2.24, 2.45) is 0 Å². The molecule has 0 spiro atoms. The van der Waals surface area contributed by atoms with Crippen LogP contribution >= 0.6 is 0 Å². The van der Waals surface area contributed by atoms with Crippen LogP contribution in [0.3, 0.4) is 0 Å². The average Bonchev–Trinajstić information content (AvgIpc) is 3.03. The van der Waals surface area contributed by atoms with E-state index in [1.54, 1.807) is 19.2 Å². The highest BCUT2D eigenvalue weighted by atomic mass is 16.5. The van der Waals surface area contributed by atoms with E-state index in [2.05, 4.69) is 23.3 Å². The predicted octanol–water partition coefficient (Wildman–Crippen LogP) is 5.02. The third-order valence-electron chi connectivity index (χ3n) is 5.00. The van der Waals surface area contributed by atoms with Crippen molar-refractivity contribution in [3.8, 4) is 34.6 Å². The largest absolute Gasteiger partial charge is 0.508 e. The van der Waals surface area contributed by atoms with Crippen LogP contribution in [0.5, 0.6) is 11.5 Å². The maximum atomic E-state index is 9.86. The van der Waals surface area contributed by atoms with E-state index >= 15 is 0 Å². The van der Waals surface area contributed by atoms with Gasteiger partial charge in [0.05, 0.1) is 24.0 Å². The highest BCUT2D eigenvalue weighted by Crippen LogP contribution is 2.37. The van der Waals surface area contributed by atoms with Gasteiger partial charge in [-0.25, -0.2) is 0 Å². The molecule has 0 aliphatic rings. The van der Waals surface area contributed by atoms with Crippen LogP contribution in [0.25, 0.3) is 22.2 Å². The van der Waals surface area contributed by atoms with E-state index in [1.165, 1.54) is 0 Å². The Labute approximate surface area is 170 Å². The van der Waals surface area contributed by atoms with Crippen molar-refractivity contribution in [2.45, 2.75) is 13.5 Å². The van der Waals surface area contributed by atoms with E-state index in [4.69, 9.17) is 10.5 Å². The lowest BCUT2D eigenvalue weighted by Gasteiger charge is -2.09. The molecular formula is C25H22N2O2. The number of fused-ring (bicyclic) bond motifs is 1. The Morgan fingerprint density at radius 1 is 0.931 bits per heavy atom. The molecule has 0 unspecified atom stereocenters. The first kappa shape index (κ1) is 18.5. The molecule has 4 aromatic rings. The summed E-state index contributed by atoms with van der Waals surface area (Å²) in [6, 6.07) is 21.0. The molecule has 0 fully saturated rings. The Morgan fingerprint density at radius 3 is 2.14 bits per heavy atom. The molecule has 4 rings (SSSR count). The molecule has 0 aliphatic heterocycles. The number of nitrogen functional groups attached to an aromatic ring is 1. The van der Waals surface area contributed by atoms with Gasteiger partial charge in [-0.1, -0.05) is 24.0 Å². The van der Waals surface area contributed by atoms with Gasteiger partial charge in [0.1, 0.15) is 11.5 Å². The first-order chi connectivity index (χ1) is 14.1. The first-order valence-corrected chi connectivity index (χ1v) is 9.48. The molecule has 4 heteroatoms. The molecule has 1 aromatic heterocycles. The van der Waals surface area contributed by atoms with Crippen LogP contribution < -0.4 is 10.5 Å². The summed E-state index contributed by atoms with van der Waals surface area (Å²) in [5, 5.41) is 10.8. The minimum atomic E-state index is 0.236. The average molecular weight is 382 g/mol. The van der Waals surface area contributed by atoms with Gasteiger partial charge in [0, 0.05) is 34.7 Å². The molecule has 3 N–H and O–H groups in total. The minimum absolute atomic E-state index is 0.236. The number of methoxy groups -OCH3 is 1. The van der Waals surface area contributed by atoms with Crippen molar-refractivity contribution < 1.29 is 9.84 Å². The van der Waals surface area contributed by atoms with Gasteiger partial charge in [-0.2, -0.15) is 0 Å². The summed E-state index contributed by atoms with van der Waals surface area (Å²) in [5.41, 5.74) is 12.0. The second-order valence-corrected chi connectivity index (χ2v) is 6.76. The number of benzene rings is 3. The number of aromatic hydroxyl groups is 1. The van der Waals surface area contributed by atoms with Gasteiger partial charge in [0.25, 0.3) is 0 Å².